The Hall–Kier alpha value is -2.48. The second-order valence-corrected chi connectivity index (χ2v) is 6.49. The molecule has 3 rings (SSSR count). The monoisotopic (exact) mass is 346 g/mol. The number of nitro groups is 1. The summed E-state index contributed by atoms with van der Waals surface area (Å²) in [6.07, 6.45) is 1.46. The fourth-order valence-electron chi connectivity index (χ4n) is 3.52. The summed E-state index contributed by atoms with van der Waals surface area (Å²) in [6, 6.07) is 3.93. The van der Waals surface area contributed by atoms with Gasteiger partial charge in [-0.3, -0.25) is 19.7 Å². The van der Waals surface area contributed by atoms with Crippen LogP contribution >= 0.6 is 0 Å². The van der Waals surface area contributed by atoms with Gasteiger partial charge in [0.1, 0.15) is 6.04 Å². The van der Waals surface area contributed by atoms with Crippen LogP contribution in [-0.2, 0) is 4.79 Å². The molecule has 1 unspecified atom stereocenters. The third-order valence-corrected chi connectivity index (χ3v) is 4.87. The number of likely N-dealkylation sites (tertiary alicyclic amines) is 1. The Morgan fingerprint density at radius 2 is 1.96 bits per heavy atom. The van der Waals surface area contributed by atoms with Gasteiger partial charge >= 0.3 is 0 Å². The van der Waals surface area contributed by atoms with Crippen LogP contribution in [0.1, 0.15) is 28.8 Å². The number of nitrogens with zero attached hydrogens (tertiary/aromatic N) is 3. The molecule has 2 saturated heterocycles. The smallest absolute Gasteiger partial charge is 0.272 e. The summed E-state index contributed by atoms with van der Waals surface area (Å²) in [4.78, 5) is 39.5. The number of aryl methyl sites for hydroxylation is 1. The maximum Gasteiger partial charge on any atom is 0.272 e. The zero-order valence-electron chi connectivity index (χ0n) is 14.2. The van der Waals surface area contributed by atoms with Gasteiger partial charge in [-0.25, -0.2) is 0 Å². The minimum atomic E-state index is -0.462. The van der Waals surface area contributed by atoms with Crippen molar-refractivity contribution in [2.24, 2.45) is 0 Å². The molecule has 1 atom stereocenters. The lowest BCUT2D eigenvalue weighted by molar-refractivity contribution is -0.385. The van der Waals surface area contributed by atoms with Crippen LogP contribution in [0.15, 0.2) is 18.2 Å². The Morgan fingerprint density at radius 3 is 2.60 bits per heavy atom. The molecule has 2 aliphatic heterocycles. The first kappa shape index (κ1) is 17.3. The van der Waals surface area contributed by atoms with E-state index >= 15 is 0 Å². The maximum absolute atomic E-state index is 12.9. The first-order chi connectivity index (χ1) is 12.0. The number of amides is 2. The lowest BCUT2D eigenvalue weighted by Crippen LogP contribution is -2.53. The van der Waals surface area contributed by atoms with Crippen LogP contribution in [0, 0.1) is 17.0 Å². The average molecular weight is 346 g/mol. The van der Waals surface area contributed by atoms with Crippen molar-refractivity contribution < 1.29 is 14.5 Å². The molecule has 0 saturated carbocycles. The molecule has 0 aromatic heterocycles. The zero-order chi connectivity index (χ0) is 18.0. The van der Waals surface area contributed by atoms with Gasteiger partial charge in [-0.1, -0.05) is 0 Å². The normalized spacial score (nSPS) is 20.6. The van der Waals surface area contributed by atoms with Gasteiger partial charge < -0.3 is 15.1 Å². The lowest BCUT2D eigenvalue weighted by Gasteiger charge is -2.33. The van der Waals surface area contributed by atoms with Gasteiger partial charge in [0.15, 0.2) is 0 Å². The molecule has 8 nitrogen and oxygen atoms in total. The Kier molecular flexibility index (Phi) is 4.98. The first-order valence-electron chi connectivity index (χ1n) is 8.54. The Bertz CT molecular complexity index is 700. The number of hydrogen-bond donors (Lipinski definition) is 1. The van der Waals surface area contributed by atoms with Crippen molar-refractivity contribution in [3.05, 3.63) is 39.4 Å². The molecule has 0 spiro atoms. The predicted octanol–water partition coefficient (Wildman–Crippen LogP) is 0.940. The van der Waals surface area contributed by atoms with Crippen LogP contribution in [-0.4, -0.2) is 65.3 Å². The molecule has 0 radical (unpaired) electrons. The summed E-state index contributed by atoms with van der Waals surface area (Å²) >= 11 is 0. The highest BCUT2D eigenvalue weighted by atomic mass is 16.6. The van der Waals surface area contributed by atoms with Crippen molar-refractivity contribution in [3.8, 4) is 0 Å². The number of nitro benzene ring substituents is 1. The highest BCUT2D eigenvalue weighted by molar-refractivity contribution is 5.98. The summed E-state index contributed by atoms with van der Waals surface area (Å²) in [5.74, 6) is -0.227. The number of piperazine rings is 1. The topological polar surface area (TPSA) is 95.8 Å². The second-order valence-electron chi connectivity index (χ2n) is 6.49. The molecule has 2 amide bonds. The van der Waals surface area contributed by atoms with E-state index in [0.717, 1.165) is 19.5 Å². The largest absolute Gasteiger partial charge is 0.338 e. The van der Waals surface area contributed by atoms with Gasteiger partial charge in [0.2, 0.25) is 5.91 Å². The number of hydrogen-bond acceptors (Lipinski definition) is 5. The second kappa shape index (κ2) is 7.18. The summed E-state index contributed by atoms with van der Waals surface area (Å²) in [5, 5.41) is 14.1. The maximum atomic E-state index is 12.9. The van der Waals surface area contributed by atoms with Crippen LogP contribution in [0.3, 0.4) is 0 Å². The third-order valence-electron chi connectivity index (χ3n) is 4.87. The number of nitrogens with one attached hydrogen (secondary N) is 1. The van der Waals surface area contributed by atoms with Crippen molar-refractivity contribution in [1.82, 2.24) is 15.1 Å². The molecule has 1 aromatic rings. The molecule has 25 heavy (non-hydrogen) atoms. The number of carbonyl (C=O) groups is 2. The molecule has 2 aliphatic rings. The highest BCUT2D eigenvalue weighted by Gasteiger charge is 2.37. The van der Waals surface area contributed by atoms with Crippen molar-refractivity contribution >= 4 is 17.5 Å². The van der Waals surface area contributed by atoms with Gasteiger partial charge in [-0.05, 0) is 31.9 Å². The Balaban J connectivity index is 1.77. The molecular formula is C17H22N4O4. The van der Waals surface area contributed by atoms with Gasteiger partial charge in [-0.2, -0.15) is 0 Å². The van der Waals surface area contributed by atoms with E-state index in [1.807, 2.05) is 4.90 Å². The van der Waals surface area contributed by atoms with Gasteiger partial charge in [0.25, 0.3) is 11.6 Å². The molecule has 0 aliphatic carbocycles. The third kappa shape index (κ3) is 3.48. The fraction of sp³-hybridized carbons (Fsp3) is 0.529. The van der Waals surface area contributed by atoms with E-state index in [9.17, 15) is 19.7 Å². The quantitative estimate of drug-likeness (QED) is 0.649. The lowest BCUT2D eigenvalue weighted by atomic mass is 10.1. The van der Waals surface area contributed by atoms with Crippen molar-refractivity contribution in [2.75, 3.05) is 32.7 Å². The van der Waals surface area contributed by atoms with Gasteiger partial charge in [-0.15, -0.1) is 0 Å². The minimum absolute atomic E-state index is 0.00554. The standard InChI is InChI=1S/C17H22N4O4/c1-12-11-13(4-5-14(12)21(24)25)16(22)20-8-2-3-15(20)17(23)19-9-6-18-7-10-19/h4-5,11,15,18H,2-3,6-10H2,1H3. The summed E-state index contributed by atoms with van der Waals surface area (Å²) in [6.45, 7) is 5.02. The molecular weight excluding hydrogens is 324 g/mol. The minimum Gasteiger partial charge on any atom is -0.338 e. The van der Waals surface area contributed by atoms with Crippen LogP contribution in [0.25, 0.3) is 0 Å². The van der Waals surface area contributed by atoms with Crippen LogP contribution < -0.4 is 5.32 Å². The summed E-state index contributed by atoms with van der Waals surface area (Å²) in [7, 11) is 0. The zero-order valence-corrected chi connectivity index (χ0v) is 14.2. The van der Waals surface area contributed by atoms with Crippen LogP contribution in [0.4, 0.5) is 5.69 Å². The summed E-state index contributed by atoms with van der Waals surface area (Å²) in [5.41, 5.74) is 0.828. The van der Waals surface area contributed by atoms with E-state index in [4.69, 9.17) is 0 Å². The molecule has 2 fully saturated rings. The molecule has 0 bridgehead atoms. The summed E-state index contributed by atoms with van der Waals surface area (Å²) < 4.78 is 0. The fourth-order valence-corrected chi connectivity index (χ4v) is 3.52. The van der Waals surface area contributed by atoms with Gasteiger partial charge in [0, 0.05) is 49.9 Å². The van der Waals surface area contributed by atoms with E-state index < -0.39 is 11.0 Å². The first-order valence-corrected chi connectivity index (χ1v) is 8.54. The molecule has 8 heteroatoms. The highest BCUT2D eigenvalue weighted by Crippen LogP contribution is 2.25. The Morgan fingerprint density at radius 1 is 1.24 bits per heavy atom. The van der Waals surface area contributed by atoms with E-state index in [-0.39, 0.29) is 17.5 Å². The predicted molar refractivity (Wildman–Crippen MR) is 91.3 cm³/mol. The molecule has 2 heterocycles. The van der Waals surface area contributed by atoms with Crippen molar-refractivity contribution in [3.63, 3.8) is 0 Å². The van der Waals surface area contributed by atoms with Crippen molar-refractivity contribution in [1.29, 1.82) is 0 Å². The Labute approximate surface area is 145 Å². The van der Waals surface area contributed by atoms with Gasteiger partial charge in [0.05, 0.1) is 4.92 Å². The van der Waals surface area contributed by atoms with E-state index in [1.165, 1.54) is 18.2 Å². The molecule has 134 valence electrons. The number of rotatable bonds is 3. The van der Waals surface area contributed by atoms with E-state index in [1.54, 1.807) is 11.8 Å². The number of carbonyl (C=O) groups excluding carboxylic acids is 2. The molecule has 1 aromatic carbocycles. The molecule has 1 N–H and O–H groups in total. The van der Waals surface area contributed by atoms with E-state index in [0.29, 0.717) is 37.2 Å². The number of benzene rings is 1. The van der Waals surface area contributed by atoms with E-state index in [2.05, 4.69) is 5.32 Å². The SMILES string of the molecule is Cc1cc(C(=O)N2CCCC2C(=O)N2CCNCC2)ccc1[N+](=O)[O-]. The average Bonchev–Trinajstić information content (AvgIpc) is 3.10. The van der Waals surface area contributed by atoms with Crippen molar-refractivity contribution in [2.45, 2.75) is 25.8 Å². The van der Waals surface area contributed by atoms with Crippen LogP contribution in [0.5, 0.6) is 0 Å². The van der Waals surface area contributed by atoms with Crippen LogP contribution in [0.2, 0.25) is 0 Å².